The molecule has 0 saturated carbocycles. The molecule has 0 radical (unpaired) electrons. The molecule has 0 fully saturated rings. The molecule has 7 heteroatoms. The SMILES string of the molecule is COCCCNc1cncc(C(=O)Nc2cc(Cl)cc(Cl)c2)c1. The van der Waals surface area contributed by atoms with Gasteiger partial charge in [0.1, 0.15) is 0 Å². The lowest BCUT2D eigenvalue weighted by Gasteiger charge is -2.09. The molecule has 0 unspecified atom stereocenters. The van der Waals surface area contributed by atoms with E-state index >= 15 is 0 Å². The van der Waals surface area contributed by atoms with Gasteiger partial charge in [0.25, 0.3) is 5.91 Å². The smallest absolute Gasteiger partial charge is 0.257 e. The molecule has 0 atom stereocenters. The highest BCUT2D eigenvalue weighted by Gasteiger charge is 2.08. The Morgan fingerprint density at radius 1 is 1.13 bits per heavy atom. The second kappa shape index (κ2) is 8.72. The van der Waals surface area contributed by atoms with Crippen molar-refractivity contribution in [1.29, 1.82) is 0 Å². The van der Waals surface area contributed by atoms with Crippen LogP contribution in [0.3, 0.4) is 0 Å². The number of nitrogens with one attached hydrogen (secondary N) is 2. The van der Waals surface area contributed by atoms with Crippen LogP contribution in [0.15, 0.2) is 36.7 Å². The molecule has 0 aliphatic rings. The van der Waals surface area contributed by atoms with Crippen LogP contribution in [0, 0.1) is 0 Å². The summed E-state index contributed by atoms with van der Waals surface area (Å²) in [7, 11) is 1.66. The Hall–Kier alpha value is -1.82. The third kappa shape index (κ3) is 5.71. The molecule has 1 amide bonds. The van der Waals surface area contributed by atoms with Crippen molar-refractivity contribution in [3.63, 3.8) is 0 Å². The van der Waals surface area contributed by atoms with Gasteiger partial charge >= 0.3 is 0 Å². The van der Waals surface area contributed by atoms with Crippen LogP contribution in [0.5, 0.6) is 0 Å². The van der Waals surface area contributed by atoms with Gasteiger partial charge in [-0.2, -0.15) is 0 Å². The average Bonchev–Trinajstić information content (AvgIpc) is 2.51. The van der Waals surface area contributed by atoms with Crippen LogP contribution < -0.4 is 10.6 Å². The second-order valence-electron chi connectivity index (χ2n) is 4.85. The third-order valence-electron chi connectivity index (χ3n) is 2.98. The Labute approximate surface area is 145 Å². The Morgan fingerprint density at radius 3 is 2.57 bits per heavy atom. The third-order valence-corrected chi connectivity index (χ3v) is 3.41. The molecule has 2 aromatic rings. The number of halogens is 2. The summed E-state index contributed by atoms with van der Waals surface area (Å²) in [4.78, 5) is 16.4. The molecule has 1 aromatic heterocycles. The molecule has 5 nitrogen and oxygen atoms in total. The Balaban J connectivity index is 2.01. The maximum Gasteiger partial charge on any atom is 0.257 e. The predicted molar refractivity (Wildman–Crippen MR) is 93.6 cm³/mol. The molecule has 0 aliphatic carbocycles. The van der Waals surface area contributed by atoms with Crippen LogP contribution in [-0.2, 0) is 4.74 Å². The summed E-state index contributed by atoms with van der Waals surface area (Å²) in [5.74, 6) is -0.281. The van der Waals surface area contributed by atoms with Crippen molar-refractivity contribution >= 4 is 40.5 Å². The highest BCUT2D eigenvalue weighted by molar-refractivity contribution is 6.35. The summed E-state index contributed by atoms with van der Waals surface area (Å²) in [6, 6.07) is 6.60. The van der Waals surface area contributed by atoms with Crippen LogP contribution in [-0.4, -0.2) is 31.2 Å². The van der Waals surface area contributed by atoms with Gasteiger partial charge in [0.05, 0.1) is 11.3 Å². The molecule has 0 spiro atoms. The number of rotatable bonds is 7. The van der Waals surface area contributed by atoms with Gasteiger partial charge in [0, 0.05) is 48.4 Å². The van der Waals surface area contributed by atoms with Crippen LogP contribution in [0.25, 0.3) is 0 Å². The largest absolute Gasteiger partial charge is 0.385 e. The van der Waals surface area contributed by atoms with Gasteiger partial charge < -0.3 is 15.4 Å². The first-order chi connectivity index (χ1) is 11.1. The van der Waals surface area contributed by atoms with Crippen molar-refractivity contribution in [2.24, 2.45) is 0 Å². The molecule has 0 bridgehead atoms. The lowest BCUT2D eigenvalue weighted by Crippen LogP contribution is -2.13. The van der Waals surface area contributed by atoms with Crippen molar-refractivity contribution < 1.29 is 9.53 Å². The average molecular weight is 354 g/mol. The first kappa shape index (κ1) is 17.5. The fraction of sp³-hybridized carbons (Fsp3) is 0.250. The molecule has 23 heavy (non-hydrogen) atoms. The number of hydrogen-bond acceptors (Lipinski definition) is 4. The number of anilines is 2. The van der Waals surface area contributed by atoms with Gasteiger partial charge in [-0.05, 0) is 30.7 Å². The Morgan fingerprint density at radius 2 is 1.87 bits per heavy atom. The summed E-state index contributed by atoms with van der Waals surface area (Å²) >= 11 is 11.8. The minimum absolute atomic E-state index is 0.281. The minimum atomic E-state index is -0.281. The highest BCUT2D eigenvalue weighted by atomic mass is 35.5. The van der Waals surface area contributed by atoms with Crippen molar-refractivity contribution in [3.8, 4) is 0 Å². The molecule has 0 aliphatic heterocycles. The number of ether oxygens (including phenoxy) is 1. The number of benzene rings is 1. The number of nitrogens with zero attached hydrogens (tertiary/aromatic N) is 1. The van der Waals surface area contributed by atoms with Gasteiger partial charge in [0.15, 0.2) is 0 Å². The molecular weight excluding hydrogens is 337 g/mol. The maximum atomic E-state index is 12.3. The number of pyridine rings is 1. The van der Waals surface area contributed by atoms with Gasteiger partial charge in [-0.3, -0.25) is 9.78 Å². The first-order valence-corrected chi connectivity index (χ1v) is 7.79. The number of aromatic nitrogens is 1. The molecule has 0 saturated heterocycles. The second-order valence-corrected chi connectivity index (χ2v) is 5.72. The highest BCUT2D eigenvalue weighted by Crippen LogP contribution is 2.23. The van der Waals surface area contributed by atoms with Crippen LogP contribution in [0.4, 0.5) is 11.4 Å². The normalized spacial score (nSPS) is 10.4. The van der Waals surface area contributed by atoms with E-state index in [1.807, 2.05) is 0 Å². The lowest BCUT2D eigenvalue weighted by atomic mass is 10.2. The summed E-state index contributed by atoms with van der Waals surface area (Å²) in [6.45, 7) is 1.42. The minimum Gasteiger partial charge on any atom is -0.385 e. The van der Waals surface area contributed by atoms with Gasteiger partial charge in [-0.15, -0.1) is 0 Å². The molecule has 122 valence electrons. The van der Waals surface area contributed by atoms with Gasteiger partial charge in [0.2, 0.25) is 0 Å². The number of hydrogen-bond donors (Lipinski definition) is 2. The fourth-order valence-electron chi connectivity index (χ4n) is 1.94. The Bertz CT molecular complexity index is 660. The van der Waals surface area contributed by atoms with E-state index in [1.165, 1.54) is 6.20 Å². The molecule has 1 heterocycles. The van der Waals surface area contributed by atoms with E-state index in [1.54, 1.807) is 37.6 Å². The zero-order valence-corrected chi connectivity index (χ0v) is 14.1. The summed E-state index contributed by atoms with van der Waals surface area (Å²) in [5, 5.41) is 6.86. The topological polar surface area (TPSA) is 63.2 Å². The number of carbonyl (C=O) groups is 1. The zero-order chi connectivity index (χ0) is 16.7. The van der Waals surface area contributed by atoms with E-state index in [2.05, 4.69) is 15.6 Å². The van der Waals surface area contributed by atoms with E-state index in [-0.39, 0.29) is 5.91 Å². The van der Waals surface area contributed by atoms with E-state index in [9.17, 15) is 4.79 Å². The monoisotopic (exact) mass is 353 g/mol. The number of amides is 1. The fourth-order valence-corrected chi connectivity index (χ4v) is 2.47. The van der Waals surface area contributed by atoms with Gasteiger partial charge in [-0.1, -0.05) is 23.2 Å². The quantitative estimate of drug-likeness (QED) is 0.735. The van der Waals surface area contributed by atoms with E-state index in [0.717, 1.165) is 18.7 Å². The van der Waals surface area contributed by atoms with Crippen molar-refractivity contribution in [2.45, 2.75) is 6.42 Å². The molecule has 2 N–H and O–H groups in total. The van der Waals surface area contributed by atoms with Crippen molar-refractivity contribution in [3.05, 3.63) is 52.3 Å². The number of methoxy groups -OCH3 is 1. The van der Waals surface area contributed by atoms with Crippen LogP contribution in [0.1, 0.15) is 16.8 Å². The Kier molecular flexibility index (Phi) is 6.65. The lowest BCUT2D eigenvalue weighted by molar-refractivity contribution is 0.102. The predicted octanol–water partition coefficient (Wildman–Crippen LogP) is 4.09. The first-order valence-electron chi connectivity index (χ1n) is 7.04. The molecular formula is C16H17Cl2N3O2. The maximum absolute atomic E-state index is 12.3. The number of carbonyl (C=O) groups excluding carboxylic acids is 1. The molecule has 1 aromatic carbocycles. The van der Waals surface area contributed by atoms with Crippen LogP contribution >= 0.6 is 23.2 Å². The van der Waals surface area contributed by atoms with Crippen molar-refractivity contribution in [1.82, 2.24) is 4.98 Å². The summed E-state index contributed by atoms with van der Waals surface area (Å²) in [6.07, 6.45) is 4.04. The van der Waals surface area contributed by atoms with E-state index in [4.69, 9.17) is 27.9 Å². The zero-order valence-electron chi connectivity index (χ0n) is 12.6. The van der Waals surface area contributed by atoms with Crippen molar-refractivity contribution in [2.75, 3.05) is 30.9 Å². The van der Waals surface area contributed by atoms with Crippen LogP contribution in [0.2, 0.25) is 10.0 Å². The molecule has 2 rings (SSSR count). The van der Waals surface area contributed by atoms with Gasteiger partial charge in [-0.25, -0.2) is 0 Å². The standard InChI is InChI=1S/C16H17Cl2N3O2/c1-23-4-2-3-20-15-5-11(9-19-10-15)16(22)21-14-7-12(17)6-13(18)8-14/h5-10,20H,2-4H2,1H3,(H,21,22). The van der Waals surface area contributed by atoms with E-state index in [0.29, 0.717) is 27.9 Å². The summed E-state index contributed by atoms with van der Waals surface area (Å²) in [5.41, 5.74) is 1.75. The van der Waals surface area contributed by atoms with E-state index < -0.39 is 0 Å². The summed E-state index contributed by atoms with van der Waals surface area (Å²) < 4.78 is 4.99.